The molecule has 254 valence electrons. The Morgan fingerprint density at radius 3 is 2.33 bits per heavy atom. The van der Waals surface area contributed by atoms with E-state index in [0.717, 1.165) is 55.1 Å². The monoisotopic (exact) mass is 662 g/mol. The molecule has 0 saturated carbocycles. The van der Waals surface area contributed by atoms with Crippen LogP contribution in [0.1, 0.15) is 62.3 Å². The zero-order chi connectivity index (χ0) is 34.7. The van der Waals surface area contributed by atoms with Crippen LogP contribution in [-0.4, -0.2) is 61.7 Å². The molecule has 0 radical (unpaired) electrons. The number of halogens is 3. The third-order valence-corrected chi connectivity index (χ3v) is 8.16. The normalized spacial score (nSPS) is 15.1. The summed E-state index contributed by atoms with van der Waals surface area (Å²) < 4.78 is 52.2. The number of unbranched alkanes of at least 4 members (excludes halogenated alkanes) is 2. The number of hydrogen-bond acceptors (Lipinski definition) is 6. The summed E-state index contributed by atoms with van der Waals surface area (Å²) in [6.45, 7) is 5.81. The van der Waals surface area contributed by atoms with Crippen molar-refractivity contribution in [2.45, 2.75) is 51.7 Å². The van der Waals surface area contributed by atoms with Gasteiger partial charge in [0.1, 0.15) is 5.75 Å². The zero-order valence-corrected chi connectivity index (χ0v) is 27.5. The molecular weight excluding hydrogens is 621 g/mol. The van der Waals surface area contributed by atoms with E-state index < -0.39 is 29.8 Å². The molecule has 1 heterocycles. The van der Waals surface area contributed by atoms with Crippen molar-refractivity contribution in [3.8, 4) is 11.8 Å². The van der Waals surface area contributed by atoms with E-state index in [1.54, 1.807) is 38.1 Å². The van der Waals surface area contributed by atoms with Crippen molar-refractivity contribution >= 4 is 17.7 Å². The smallest absolute Gasteiger partial charge is 0.416 e. The molecule has 0 unspecified atom stereocenters. The molecule has 8 nitrogen and oxygen atoms in total. The molecule has 2 amide bonds. The Hall–Kier alpha value is -4.82. The molecule has 0 fully saturated rings. The van der Waals surface area contributed by atoms with Crippen molar-refractivity contribution < 1.29 is 32.2 Å². The third-order valence-electron chi connectivity index (χ3n) is 8.16. The van der Waals surface area contributed by atoms with E-state index in [0.29, 0.717) is 24.2 Å². The largest absolute Gasteiger partial charge is 0.494 e. The van der Waals surface area contributed by atoms with Crippen LogP contribution in [0, 0.1) is 11.3 Å². The van der Waals surface area contributed by atoms with Gasteiger partial charge in [-0.2, -0.15) is 18.4 Å². The summed E-state index contributed by atoms with van der Waals surface area (Å²) in [5.41, 5.74) is 0.417. The molecule has 0 aromatic heterocycles. The van der Waals surface area contributed by atoms with Crippen LogP contribution in [0.2, 0.25) is 0 Å². The van der Waals surface area contributed by atoms with Crippen molar-refractivity contribution in [3.05, 3.63) is 107 Å². The van der Waals surface area contributed by atoms with Gasteiger partial charge in [-0.15, -0.1) is 0 Å². The van der Waals surface area contributed by atoms with Crippen LogP contribution in [0.3, 0.4) is 0 Å². The summed E-state index contributed by atoms with van der Waals surface area (Å²) in [5, 5.41) is 9.34. The number of carbonyl (C=O) groups excluding carboxylic acids is 2. The predicted molar refractivity (Wildman–Crippen MR) is 177 cm³/mol. The fourth-order valence-corrected chi connectivity index (χ4v) is 5.76. The first kappa shape index (κ1) is 36.0. The van der Waals surface area contributed by atoms with Gasteiger partial charge in [-0.05, 0) is 94.7 Å². The highest BCUT2D eigenvalue weighted by molar-refractivity contribution is 6.03. The molecule has 0 saturated heterocycles. The molecule has 3 aromatic carbocycles. The minimum atomic E-state index is -4.62. The number of ether oxygens (including phenoxy) is 2. The van der Waals surface area contributed by atoms with Gasteiger partial charge in [-0.1, -0.05) is 42.8 Å². The van der Waals surface area contributed by atoms with Crippen LogP contribution in [0.25, 0.3) is 0 Å². The second-order valence-corrected chi connectivity index (χ2v) is 11.6. The number of carbonyl (C=O) groups is 2. The lowest BCUT2D eigenvalue weighted by Crippen LogP contribution is -2.51. The first-order valence-corrected chi connectivity index (χ1v) is 16.1. The van der Waals surface area contributed by atoms with Crippen molar-refractivity contribution in [1.82, 2.24) is 9.80 Å². The first-order chi connectivity index (χ1) is 23.0. The summed E-state index contributed by atoms with van der Waals surface area (Å²) in [4.78, 5) is 32.7. The lowest BCUT2D eigenvalue weighted by molar-refractivity contribution is -0.139. The number of benzene rings is 3. The zero-order valence-electron chi connectivity index (χ0n) is 27.5. The molecule has 3 aromatic rings. The number of rotatable bonds is 15. The van der Waals surface area contributed by atoms with Gasteiger partial charge in [0.2, 0.25) is 0 Å². The summed E-state index contributed by atoms with van der Waals surface area (Å²) in [6.07, 6.45) is -1.53. The van der Waals surface area contributed by atoms with Gasteiger partial charge < -0.3 is 19.3 Å². The highest BCUT2D eigenvalue weighted by atomic mass is 19.4. The fourth-order valence-electron chi connectivity index (χ4n) is 5.76. The summed E-state index contributed by atoms with van der Waals surface area (Å²) in [7, 11) is 2.05. The van der Waals surface area contributed by atoms with E-state index in [-0.39, 0.29) is 30.1 Å². The van der Waals surface area contributed by atoms with E-state index in [4.69, 9.17) is 9.47 Å². The van der Waals surface area contributed by atoms with Crippen LogP contribution in [0.5, 0.6) is 5.75 Å². The molecule has 1 aliphatic heterocycles. The van der Waals surface area contributed by atoms with E-state index in [9.17, 15) is 28.0 Å². The molecule has 48 heavy (non-hydrogen) atoms. The van der Waals surface area contributed by atoms with E-state index in [1.807, 2.05) is 37.4 Å². The second kappa shape index (κ2) is 16.8. The first-order valence-electron chi connectivity index (χ1n) is 16.1. The molecular formula is C37H41F3N4O4. The SMILES string of the molecule is CCOC(=O)C1=C(C)N(c2cccc(C(F)(F)F)c2)C(=O)N(CCCCCN(C)CCCOc2ccccc2)[C@@H]1c1ccc(C#N)cc1. The number of esters is 1. The quantitative estimate of drug-likeness (QED) is 0.121. The maximum atomic E-state index is 14.3. The molecule has 11 heteroatoms. The van der Waals surface area contributed by atoms with Gasteiger partial charge in [0.05, 0.1) is 47.7 Å². The summed E-state index contributed by atoms with van der Waals surface area (Å²) in [5.74, 6) is 0.172. The summed E-state index contributed by atoms with van der Waals surface area (Å²) in [6, 6.07) is 21.4. The van der Waals surface area contributed by atoms with E-state index >= 15 is 0 Å². The number of nitriles is 1. The lowest BCUT2D eigenvalue weighted by Gasteiger charge is -2.43. The molecule has 1 aliphatic rings. The van der Waals surface area contributed by atoms with Crippen molar-refractivity contribution in [2.24, 2.45) is 0 Å². The number of nitrogens with zero attached hydrogens (tertiary/aromatic N) is 4. The number of alkyl halides is 3. The Balaban J connectivity index is 1.53. The van der Waals surface area contributed by atoms with Crippen molar-refractivity contribution in [1.29, 1.82) is 5.26 Å². The van der Waals surface area contributed by atoms with Crippen molar-refractivity contribution in [3.63, 3.8) is 0 Å². The fraction of sp³-hybridized carbons (Fsp3) is 0.378. The van der Waals surface area contributed by atoms with Gasteiger partial charge in [0.15, 0.2) is 0 Å². The lowest BCUT2D eigenvalue weighted by atomic mass is 9.92. The standard InChI is InChI=1S/C37H41F3N4O4/c1-4-47-35(45)33-27(2)44(31-14-11-13-30(25-31)37(38,39)40)36(46)43(34(33)29-19-17-28(26-41)18-20-29)23-10-6-9-21-42(3)22-12-24-48-32-15-7-5-8-16-32/h5,7-8,11,13-20,25,34H,4,6,9-10,12,21-24H2,1-3H3/t34-/m1/s1. The molecule has 0 bridgehead atoms. The maximum Gasteiger partial charge on any atom is 0.416 e. The molecule has 0 spiro atoms. The van der Waals surface area contributed by atoms with E-state index in [2.05, 4.69) is 11.0 Å². The number of urea groups is 1. The third kappa shape index (κ3) is 9.16. The maximum absolute atomic E-state index is 14.3. The van der Waals surface area contributed by atoms with Gasteiger partial charge in [-0.25, -0.2) is 9.59 Å². The van der Waals surface area contributed by atoms with Gasteiger partial charge in [0, 0.05) is 18.8 Å². The average Bonchev–Trinajstić information content (AvgIpc) is 3.07. The molecule has 4 rings (SSSR count). The van der Waals surface area contributed by atoms with Crippen LogP contribution < -0.4 is 9.64 Å². The Kier molecular flexibility index (Phi) is 12.6. The van der Waals surface area contributed by atoms with Crippen LogP contribution in [0.15, 0.2) is 90.1 Å². The van der Waals surface area contributed by atoms with Gasteiger partial charge >= 0.3 is 18.2 Å². The Morgan fingerprint density at radius 2 is 1.67 bits per heavy atom. The minimum Gasteiger partial charge on any atom is -0.494 e. The Bertz CT molecular complexity index is 1600. The molecule has 0 N–H and O–H groups in total. The van der Waals surface area contributed by atoms with Crippen molar-refractivity contribution in [2.75, 3.05) is 44.8 Å². The van der Waals surface area contributed by atoms with Crippen LogP contribution in [0.4, 0.5) is 23.7 Å². The number of para-hydroxylation sites is 1. The number of allylic oxidation sites excluding steroid dienone is 1. The second-order valence-electron chi connectivity index (χ2n) is 11.6. The molecule has 0 aliphatic carbocycles. The average molecular weight is 663 g/mol. The van der Waals surface area contributed by atoms with Crippen LogP contribution in [-0.2, 0) is 15.7 Å². The molecule has 1 atom stereocenters. The Labute approximate surface area is 280 Å². The predicted octanol–water partition coefficient (Wildman–Crippen LogP) is 7.97. The Morgan fingerprint density at radius 1 is 0.958 bits per heavy atom. The van der Waals surface area contributed by atoms with Gasteiger partial charge in [0.25, 0.3) is 0 Å². The van der Waals surface area contributed by atoms with Gasteiger partial charge in [-0.3, -0.25) is 4.90 Å². The topological polar surface area (TPSA) is 86.1 Å². The summed E-state index contributed by atoms with van der Waals surface area (Å²) >= 11 is 0. The van der Waals surface area contributed by atoms with E-state index in [1.165, 1.54) is 17.0 Å². The minimum absolute atomic E-state index is 0.00438. The number of anilines is 1. The number of amides is 2. The highest BCUT2D eigenvalue weighted by Gasteiger charge is 2.43. The highest BCUT2D eigenvalue weighted by Crippen LogP contribution is 2.41. The number of hydrogen-bond donors (Lipinski definition) is 0. The van der Waals surface area contributed by atoms with Crippen LogP contribution >= 0.6 is 0 Å².